The molecule has 1 aliphatic heterocycles. The van der Waals surface area contributed by atoms with E-state index in [9.17, 15) is 26.7 Å². The Labute approximate surface area is 189 Å². The molecule has 0 unspecified atom stereocenters. The summed E-state index contributed by atoms with van der Waals surface area (Å²) >= 11 is 0. The Hall–Kier alpha value is -2.85. The number of aliphatic hydroxyl groups is 2. The van der Waals surface area contributed by atoms with Gasteiger partial charge in [0.05, 0.1) is 6.61 Å². The Morgan fingerprint density at radius 2 is 1.85 bits per heavy atom. The van der Waals surface area contributed by atoms with Crippen LogP contribution in [-0.4, -0.2) is 66.4 Å². The molecule has 12 heteroatoms. The van der Waals surface area contributed by atoms with Crippen molar-refractivity contribution in [2.24, 2.45) is 0 Å². The molecule has 0 spiro atoms. The van der Waals surface area contributed by atoms with E-state index in [1.807, 2.05) is 0 Å². The van der Waals surface area contributed by atoms with Gasteiger partial charge in [0, 0.05) is 31.5 Å². The zero-order valence-electron chi connectivity index (χ0n) is 17.6. The minimum Gasteiger partial charge on any atom is -0.393 e. The second-order valence-corrected chi connectivity index (χ2v) is 9.39. The molecule has 2 heterocycles. The SMILES string of the molecule is CC#C[C@@H]1CN(S(=O)(=O)c2ccc(N)nc2)CCN1c1ccc([C@](O)(CO)C(F)(F)F)cc1. The molecule has 0 bridgehead atoms. The highest BCUT2D eigenvalue weighted by Gasteiger charge is 2.54. The van der Waals surface area contributed by atoms with Crippen LogP contribution in [-0.2, 0) is 15.6 Å². The topological polar surface area (TPSA) is 120 Å². The van der Waals surface area contributed by atoms with Gasteiger partial charge in [-0.2, -0.15) is 17.5 Å². The predicted octanol–water partition coefficient (Wildman–Crippen LogP) is 1.31. The van der Waals surface area contributed by atoms with Gasteiger partial charge in [-0.15, -0.1) is 5.92 Å². The van der Waals surface area contributed by atoms with Crippen molar-refractivity contribution < 1.29 is 31.8 Å². The van der Waals surface area contributed by atoms with Crippen LogP contribution in [0.25, 0.3) is 0 Å². The second-order valence-electron chi connectivity index (χ2n) is 7.45. The molecule has 0 saturated carbocycles. The summed E-state index contributed by atoms with van der Waals surface area (Å²) in [6.45, 7) is 0.446. The molecule has 1 fully saturated rings. The van der Waals surface area contributed by atoms with Crippen molar-refractivity contribution in [2.45, 2.75) is 29.6 Å². The Morgan fingerprint density at radius 3 is 2.36 bits per heavy atom. The van der Waals surface area contributed by atoms with Gasteiger partial charge in [0.1, 0.15) is 16.8 Å². The lowest BCUT2D eigenvalue weighted by Gasteiger charge is -2.40. The van der Waals surface area contributed by atoms with E-state index in [4.69, 9.17) is 10.8 Å². The number of hydrogen-bond acceptors (Lipinski definition) is 7. The van der Waals surface area contributed by atoms with Crippen LogP contribution in [0.1, 0.15) is 12.5 Å². The number of aliphatic hydroxyl groups excluding tert-OH is 1. The molecule has 1 saturated heterocycles. The summed E-state index contributed by atoms with van der Waals surface area (Å²) in [6, 6.07) is 7.11. The number of anilines is 2. The molecule has 1 aromatic carbocycles. The molecule has 8 nitrogen and oxygen atoms in total. The van der Waals surface area contributed by atoms with Gasteiger partial charge in [-0.25, -0.2) is 13.4 Å². The number of nitrogens with two attached hydrogens (primary N) is 1. The van der Waals surface area contributed by atoms with E-state index in [0.29, 0.717) is 5.69 Å². The van der Waals surface area contributed by atoms with E-state index in [0.717, 1.165) is 12.1 Å². The van der Waals surface area contributed by atoms with Gasteiger partial charge in [-0.3, -0.25) is 0 Å². The lowest BCUT2D eigenvalue weighted by Crippen LogP contribution is -2.54. The van der Waals surface area contributed by atoms with Crippen LogP contribution in [0.2, 0.25) is 0 Å². The average molecular weight is 485 g/mol. The third kappa shape index (κ3) is 4.77. The number of pyridine rings is 1. The van der Waals surface area contributed by atoms with Crippen molar-refractivity contribution >= 4 is 21.5 Å². The van der Waals surface area contributed by atoms with Gasteiger partial charge < -0.3 is 20.8 Å². The van der Waals surface area contributed by atoms with Crippen molar-refractivity contribution in [3.8, 4) is 11.8 Å². The Balaban J connectivity index is 1.86. The zero-order chi connectivity index (χ0) is 24.4. The molecule has 1 aliphatic rings. The Bertz CT molecular complexity index is 1150. The molecule has 0 aliphatic carbocycles. The number of nitrogens with zero attached hydrogens (tertiary/aromatic N) is 3. The Kier molecular flexibility index (Phi) is 6.90. The molecule has 0 amide bonds. The number of sulfonamides is 1. The normalized spacial score (nSPS) is 19.5. The van der Waals surface area contributed by atoms with Crippen LogP contribution >= 0.6 is 0 Å². The van der Waals surface area contributed by atoms with Crippen molar-refractivity contribution in [2.75, 3.05) is 36.9 Å². The first-order chi connectivity index (χ1) is 15.4. The van der Waals surface area contributed by atoms with Crippen molar-refractivity contribution in [1.82, 2.24) is 9.29 Å². The molecule has 3 rings (SSSR count). The molecule has 33 heavy (non-hydrogen) atoms. The summed E-state index contributed by atoms with van der Waals surface area (Å²) in [4.78, 5) is 5.60. The summed E-state index contributed by atoms with van der Waals surface area (Å²) in [5, 5.41) is 19.1. The smallest absolute Gasteiger partial charge is 0.393 e. The fourth-order valence-electron chi connectivity index (χ4n) is 3.54. The maximum absolute atomic E-state index is 13.2. The van der Waals surface area contributed by atoms with Crippen LogP contribution in [0.3, 0.4) is 0 Å². The third-order valence-electron chi connectivity index (χ3n) is 5.43. The first-order valence-corrected chi connectivity index (χ1v) is 11.3. The standard InChI is InChI=1S/C21H23F3N4O4S/c1-2-3-17-13-27(33(31,32)18-8-9-19(25)26-12-18)10-11-28(17)16-6-4-15(5-7-16)20(30,14-29)21(22,23)24/h4-9,12,17,29-30H,10-11,13-14H2,1H3,(H2,25,26)/t17-,20-/m1/s1. The zero-order valence-corrected chi connectivity index (χ0v) is 18.4. The third-order valence-corrected chi connectivity index (χ3v) is 7.27. The van der Waals surface area contributed by atoms with E-state index >= 15 is 0 Å². The van der Waals surface area contributed by atoms with Gasteiger partial charge >= 0.3 is 6.18 Å². The van der Waals surface area contributed by atoms with Crippen LogP contribution in [0.5, 0.6) is 0 Å². The quantitative estimate of drug-likeness (QED) is 0.548. The lowest BCUT2D eigenvalue weighted by molar-refractivity contribution is -0.277. The minimum atomic E-state index is -5.06. The van der Waals surface area contributed by atoms with Crippen molar-refractivity contribution in [3.63, 3.8) is 0 Å². The molecule has 2 aromatic rings. The first kappa shape index (κ1) is 24.8. The highest BCUT2D eigenvalue weighted by Crippen LogP contribution is 2.39. The minimum absolute atomic E-state index is 0.00634. The van der Waals surface area contributed by atoms with Gasteiger partial charge in [0.25, 0.3) is 0 Å². The van der Waals surface area contributed by atoms with Gasteiger partial charge in [-0.05, 0) is 36.8 Å². The first-order valence-electron chi connectivity index (χ1n) is 9.85. The second kappa shape index (κ2) is 9.18. The van der Waals surface area contributed by atoms with E-state index in [1.54, 1.807) is 11.8 Å². The summed E-state index contributed by atoms with van der Waals surface area (Å²) in [7, 11) is -3.85. The van der Waals surface area contributed by atoms with Gasteiger partial charge in [0.2, 0.25) is 15.6 Å². The molecule has 178 valence electrons. The molecule has 2 atom stereocenters. The van der Waals surface area contributed by atoms with Crippen LogP contribution < -0.4 is 10.6 Å². The maximum atomic E-state index is 13.2. The Morgan fingerprint density at radius 1 is 1.18 bits per heavy atom. The van der Waals surface area contributed by atoms with Crippen LogP contribution in [0.4, 0.5) is 24.7 Å². The number of alkyl halides is 3. The molecular formula is C21H23F3N4O4S. The number of halogens is 3. The van der Waals surface area contributed by atoms with Crippen molar-refractivity contribution in [1.29, 1.82) is 0 Å². The molecule has 4 N–H and O–H groups in total. The lowest BCUT2D eigenvalue weighted by atomic mass is 9.93. The highest BCUT2D eigenvalue weighted by atomic mass is 32.2. The van der Waals surface area contributed by atoms with Crippen LogP contribution in [0.15, 0.2) is 47.5 Å². The number of benzene rings is 1. The fourth-order valence-corrected chi connectivity index (χ4v) is 4.93. The average Bonchev–Trinajstić information content (AvgIpc) is 2.78. The fraction of sp³-hybridized carbons (Fsp3) is 0.381. The number of aromatic nitrogens is 1. The number of piperazine rings is 1. The number of rotatable bonds is 5. The maximum Gasteiger partial charge on any atom is 0.423 e. The van der Waals surface area contributed by atoms with E-state index in [-0.39, 0.29) is 30.3 Å². The molecular weight excluding hydrogens is 461 g/mol. The molecule has 1 aromatic heterocycles. The number of hydrogen-bond donors (Lipinski definition) is 3. The molecule has 0 radical (unpaired) electrons. The predicted molar refractivity (Wildman–Crippen MR) is 115 cm³/mol. The monoisotopic (exact) mass is 484 g/mol. The van der Waals surface area contributed by atoms with E-state index < -0.39 is 40.0 Å². The summed E-state index contributed by atoms with van der Waals surface area (Å²) < 4.78 is 66.9. The summed E-state index contributed by atoms with van der Waals surface area (Å²) in [5.74, 6) is 5.89. The summed E-state index contributed by atoms with van der Waals surface area (Å²) in [6.07, 6.45) is -3.88. The van der Waals surface area contributed by atoms with Gasteiger partial charge in [0.15, 0.2) is 0 Å². The van der Waals surface area contributed by atoms with E-state index in [2.05, 4.69) is 16.8 Å². The highest BCUT2D eigenvalue weighted by molar-refractivity contribution is 7.89. The van der Waals surface area contributed by atoms with Gasteiger partial charge in [-0.1, -0.05) is 18.1 Å². The number of nitrogen functional groups attached to an aromatic ring is 1. The van der Waals surface area contributed by atoms with E-state index in [1.165, 1.54) is 34.8 Å². The summed E-state index contributed by atoms with van der Waals surface area (Å²) in [5.41, 5.74) is 2.14. The largest absolute Gasteiger partial charge is 0.423 e. The van der Waals surface area contributed by atoms with Crippen molar-refractivity contribution in [3.05, 3.63) is 48.2 Å². The van der Waals surface area contributed by atoms with Crippen LogP contribution in [0, 0.1) is 11.8 Å².